The molecule has 0 spiro atoms. The van der Waals surface area contributed by atoms with Gasteiger partial charge in [0.15, 0.2) is 0 Å². The van der Waals surface area contributed by atoms with Crippen molar-refractivity contribution < 1.29 is 9.53 Å². The Labute approximate surface area is 116 Å². The summed E-state index contributed by atoms with van der Waals surface area (Å²) >= 11 is 0. The lowest BCUT2D eigenvalue weighted by Crippen LogP contribution is -2.44. The Morgan fingerprint density at radius 2 is 1.95 bits per heavy atom. The Balaban J connectivity index is 1.73. The van der Waals surface area contributed by atoms with Crippen LogP contribution in [0.3, 0.4) is 0 Å². The monoisotopic (exact) mass is 268 g/mol. The van der Waals surface area contributed by atoms with Crippen molar-refractivity contribution >= 4 is 5.97 Å². The lowest BCUT2D eigenvalue weighted by molar-refractivity contribution is -0.149. The van der Waals surface area contributed by atoms with Gasteiger partial charge in [0.25, 0.3) is 0 Å². The van der Waals surface area contributed by atoms with Crippen LogP contribution < -0.4 is 5.32 Å². The van der Waals surface area contributed by atoms with Crippen LogP contribution in [0.2, 0.25) is 0 Å². The molecular weight excluding hydrogens is 240 g/mol. The maximum absolute atomic E-state index is 11.8. The molecule has 0 aromatic heterocycles. The van der Waals surface area contributed by atoms with E-state index in [0.29, 0.717) is 6.04 Å². The third-order valence-electron chi connectivity index (χ3n) is 4.33. The van der Waals surface area contributed by atoms with E-state index >= 15 is 0 Å². The van der Waals surface area contributed by atoms with Crippen molar-refractivity contribution in [2.24, 2.45) is 0 Å². The van der Waals surface area contributed by atoms with Gasteiger partial charge in [-0.25, -0.2) is 0 Å². The van der Waals surface area contributed by atoms with Crippen LogP contribution in [0.25, 0.3) is 0 Å². The fourth-order valence-corrected chi connectivity index (χ4v) is 3.31. The highest BCUT2D eigenvalue weighted by Crippen LogP contribution is 2.24. The molecule has 4 heteroatoms. The smallest absolute Gasteiger partial charge is 0.323 e. The minimum Gasteiger partial charge on any atom is -0.462 e. The lowest BCUT2D eigenvalue weighted by Gasteiger charge is -2.27. The molecule has 0 aromatic rings. The Morgan fingerprint density at radius 1 is 1.26 bits per heavy atom. The summed E-state index contributed by atoms with van der Waals surface area (Å²) in [5, 5.41) is 3.43. The van der Waals surface area contributed by atoms with Crippen LogP contribution in [0.5, 0.6) is 0 Å². The molecule has 2 aliphatic rings. The molecule has 2 atom stereocenters. The zero-order valence-electron chi connectivity index (χ0n) is 12.5. The second-order valence-corrected chi connectivity index (χ2v) is 6.36. The van der Waals surface area contributed by atoms with Crippen LogP contribution >= 0.6 is 0 Å². The SMILES string of the molecule is CC(C)OC(=O)C1CCC(CN(C)C2CCCC2)N1. The average molecular weight is 268 g/mol. The van der Waals surface area contributed by atoms with E-state index in [1.807, 2.05) is 13.8 Å². The summed E-state index contributed by atoms with van der Waals surface area (Å²) in [6.45, 7) is 4.85. The van der Waals surface area contributed by atoms with Crippen molar-refractivity contribution in [2.75, 3.05) is 13.6 Å². The molecule has 1 heterocycles. The molecular formula is C15H28N2O2. The lowest BCUT2D eigenvalue weighted by atomic mass is 10.1. The van der Waals surface area contributed by atoms with Gasteiger partial charge in [-0.15, -0.1) is 0 Å². The summed E-state index contributed by atoms with van der Waals surface area (Å²) in [6.07, 6.45) is 7.38. The second-order valence-electron chi connectivity index (χ2n) is 6.36. The van der Waals surface area contributed by atoms with Gasteiger partial charge < -0.3 is 15.0 Å². The van der Waals surface area contributed by atoms with E-state index < -0.39 is 0 Å². The molecule has 2 rings (SSSR count). The Kier molecular flexibility index (Phi) is 5.22. The van der Waals surface area contributed by atoms with Crippen LogP contribution in [-0.4, -0.2) is 48.7 Å². The molecule has 0 aromatic carbocycles. The number of esters is 1. The maximum atomic E-state index is 11.8. The first-order valence-corrected chi connectivity index (χ1v) is 7.73. The van der Waals surface area contributed by atoms with E-state index in [4.69, 9.17) is 4.74 Å². The number of nitrogens with zero attached hydrogens (tertiary/aromatic N) is 1. The average Bonchev–Trinajstić information content (AvgIpc) is 2.98. The van der Waals surface area contributed by atoms with Gasteiger partial charge in [0.05, 0.1) is 6.10 Å². The first-order valence-electron chi connectivity index (χ1n) is 7.73. The third kappa shape index (κ3) is 4.18. The standard InChI is InChI=1S/C15H28N2O2/c1-11(2)19-15(18)14-9-8-12(16-14)10-17(3)13-6-4-5-7-13/h11-14,16H,4-10H2,1-3H3. The van der Waals surface area contributed by atoms with Crippen molar-refractivity contribution in [1.82, 2.24) is 10.2 Å². The number of nitrogens with one attached hydrogen (secondary N) is 1. The van der Waals surface area contributed by atoms with Gasteiger partial charge in [-0.1, -0.05) is 12.8 Å². The van der Waals surface area contributed by atoms with Gasteiger partial charge in [0.2, 0.25) is 0 Å². The molecule has 0 radical (unpaired) electrons. The molecule has 2 unspecified atom stereocenters. The summed E-state index contributed by atoms with van der Waals surface area (Å²) in [5.74, 6) is -0.0824. The fraction of sp³-hybridized carbons (Fsp3) is 0.933. The highest BCUT2D eigenvalue weighted by atomic mass is 16.5. The van der Waals surface area contributed by atoms with Crippen molar-refractivity contribution in [3.05, 3.63) is 0 Å². The van der Waals surface area contributed by atoms with Crippen LogP contribution in [0.1, 0.15) is 52.4 Å². The Morgan fingerprint density at radius 3 is 2.58 bits per heavy atom. The van der Waals surface area contributed by atoms with Crippen molar-refractivity contribution in [3.63, 3.8) is 0 Å². The minimum atomic E-state index is -0.0932. The number of rotatable bonds is 5. The highest BCUT2D eigenvalue weighted by molar-refractivity contribution is 5.76. The molecule has 0 bridgehead atoms. The van der Waals surface area contributed by atoms with E-state index in [0.717, 1.165) is 25.4 Å². The van der Waals surface area contributed by atoms with Gasteiger partial charge in [-0.2, -0.15) is 0 Å². The van der Waals surface area contributed by atoms with Crippen molar-refractivity contribution in [3.8, 4) is 0 Å². The molecule has 1 N–H and O–H groups in total. The van der Waals surface area contributed by atoms with E-state index in [1.54, 1.807) is 0 Å². The van der Waals surface area contributed by atoms with E-state index in [9.17, 15) is 4.79 Å². The highest BCUT2D eigenvalue weighted by Gasteiger charge is 2.32. The van der Waals surface area contributed by atoms with E-state index in [1.165, 1.54) is 25.7 Å². The molecule has 1 saturated heterocycles. The molecule has 0 amide bonds. The maximum Gasteiger partial charge on any atom is 0.323 e. The largest absolute Gasteiger partial charge is 0.462 e. The van der Waals surface area contributed by atoms with Crippen LogP contribution in [0, 0.1) is 0 Å². The van der Waals surface area contributed by atoms with Gasteiger partial charge in [0, 0.05) is 18.6 Å². The van der Waals surface area contributed by atoms with Gasteiger partial charge in [-0.3, -0.25) is 4.79 Å². The van der Waals surface area contributed by atoms with Gasteiger partial charge in [-0.05, 0) is 46.6 Å². The zero-order valence-corrected chi connectivity index (χ0v) is 12.5. The van der Waals surface area contributed by atoms with E-state index in [-0.39, 0.29) is 18.1 Å². The molecule has 19 heavy (non-hydrogen) atoms. The first-order chi connectivity index (χ1) is 9.06. The summed E-state index contributed by atoms with van der Waals surface area (Å²) in [4.78, 5) is 14.3. The first kappa shape index (κ1) is 14.8. The minimum absolute atomic E-state index is 0.0190. The van der Waals surface area contributed by atoms with Crippen molar-refractivity contribution in [1.29, 1.82) is 0 Å². The number of hydrogen-bond donors (Lipinski definition) is 1. The molecule has 1 saturated carbocycles. The van der Waals surface area contributed by atoms with Crippen LogP contribution in [-0.2, 0) is 9.53 Å². The number of carbonyl (C=O) groups is 1. The number of hydrogen-bond acceptors (Lipinski definition) is 4. The Hall–Kier alpha value is -0.610. The zero-order chi connectivity index (χ0) is 13.8. The van der Waals surface area contributed by atoms with Gasteiger partial charge >= 0.3 is 5.97 Å². The molecule has 1 aliphatic heterocycles. The van der Waals surface area contributed by atoms with Crippen molar-refractivity contribution in [2.45, 2.75) is 76.6 Å². The number of ether oxygens (including phenoxy) is 1. The summed E-state index contributed by atoms with van der Waals surface area (Å²) < 4.78 is 5.27. The quantitative estimate of drug-likeness (QED) is 0.774. The molecule has 110 valence electrons. The molecule has 2 fully saturated rings. The predicted octanol–water partition coefficient (Wildman–Crippen LogP) is 1.93. The van der Waals surface area contributed by atoms with Crippen LogP contribution in [0.15, 0.2) is 0 Å². The van der Waals surface area contributed by atoms with Crippen LogP contribution in [0.4, 0.5) is 0 Å². The summed E-state index contributed by atoms with van der Waals surface area (Å²) in [5.41, 5.74) is 0. The summed E-state index contributed by atoms with van der Waals surface area (Å²) in [7, 11) is 2.22. The normalized spacial score (nSPS) is 28.5. The second kappa shape index (κ2) is 6.71. The number of likely N-dealkylation sites (N-methyl/N-ethyl adjacent to an activating group) is 1. The predicted molar refractivity (Wildman–Crippen MR) is 76.1 cm³/mol. The summed E-state index contributed by atoms with van der Waals surface area (Å²) in [6, 6.07) is 1.10. The number of carbonyl (C=O) groups excluding carboxylic acids is 1. The van der Waals surface area contributed by atoms with E-state index in [2.05, 4.69) is 17.3 Å². The topological polar surface area (TPSA) is 41.6 Å². The molecule has 4 nitrogen and oxygen atoms in total. The molecule has 1 aliphatic carbocycles. The fourth-order valence-electron chi connectivity index (χ4n) is 3.31. The third-order valence-corrected chi connectivity index (χ3v) is 4.33. The van der Waals surface area contributed by atoms with Gasteiger partial charge in [0.1, 0.15) is 6.04 Å². The Bertz CT molecular complexity index is 301.